The molecule has 0 rings (SSSR count). The molecule has 2 nitrogen and oxygen atoms in total. The van der Waals surface area contributed by atoms with Gasteiger partial charge in [-0.1, -0.05) is 0 Å². The second kappa shape index (κ2) is 58100. The monoisotopic (exact) mass is 175 g/mol. The smallest absolute Gasteiger partial charge is 0.545 e. The van der Waals surface area contributed by atoms with Gasteiger partial charge >= 0.3 is 19.5 Å². The summed E-state index contributed by atoms with van der Waals surface area (Å²) < 4.78 is 0. The third-order valence-electron chi connectivity index (χ3n) is 0. The maximum absolute atomic E-state index is 7.75. The number of carbonyl (C=O) groups excluding carboxylic acids is 2. The van der Waals surface area contributed by atoms with Crippen LogP contribution in [0.4, 0.5) is 0 Å². The van der Waals surface area contributed by atoms with Crippen LogP contribution in [-0.4, -0.2) is 13.6 Å². The third-order valence-corrected chi connectivity index (χ3v) is 0. The molecule has 6 heavy (non-hydrogen) atoms. The van der Waals surface area contributed by atoms with Gasteiger partial charge in [0.1, 0.15) is 0 Å². The van der Waals surface area contributed by atoms with Crippen LogP contribution in [0.15, 0.2) is 0 Å². The predicted octanol–water partition coefficient (Wildman–Crippen LogP) is -0.100. The largest absolute Gasteiger partial charge is 3.00 e. The van der Waals surface area contributed by atoms with Crippen molar-refractivity contribution in [3.05, 3.63) is 7.43 Å². The fourth-order valence-electron chi connectivity index (χ4n) is 0. The van der Waals surface area contributed by atoms with E-state index in [1.165, 1.54) is 0 Å². The average molecular weight is 174 g/mol. The van der Waals surface area contributed by atoms with E-state index in [-0.39, 0.29) is 26.9 Å². The summed E-state index contributed by atoms with van der Waals surface area (Å²) >= 11 is 0. The molecule has 0 aliphatic heterocycles. The summed E-state index contributed by atoms with van der Waals surface area (Å²) in [5.41, 5.74) is 0. The van der Waals surface area contributed by atoms with Gasteiger partial charge in [0.2, 0.25) is 0 Å². The van der Waals surface area contributed by atoms with E-state index >= 15 is 0 Å². The SMILES string of the molecule is [CH-]=O.[CH-]=O.[CH3-].[Ru+3]. The first-order valence-corrected chi connectivity index (χ1v) is 0.471. The Morgan fingerprint density at radius 2 is 0.833 bits per heavy atom. The van der Waals surface area contributed by atoms with E-state index < -0.39 is 0 Å². The van der Waals surface area contributed by atoms with Gasteiger partial charge < -0.3 is 17.0 Å². The van der Waals surface area contributed by atoms with Crippen molar-refractivity contribution < 1.29 is 29.1 Å². The number of hydrogen-bond donors (Lipinski definition) is 0. The van der Waals surface area contributed by atoms with Crippen molar-refractivity contribution in [2.75, 3.05) is 0 Å². The van der Waals surface area contributed by atoms with Crippen LogP contribution in [0.25, 0.3) is 0 Å². The molecule has 0 saturated carbocycles. The second-order valence-corrected chi connectivity index (χ2v) is 0. The molecular weight excluding hydrogens is 169 g/mol. The molecule has 0 aromatic carbocycles. The van der Waals surface area contributed by atoms with Crippen LogP contribution in [0.1, 0.15) is 0 Å². The van der Waals surface area contributed by atoms with Crippen LogP contribution in [0, 0.1) is 7.43 Å². The molecule has 3 heteroatoms. The van der Waals surface area contributed by atoms with Gasteiger partial charge in [-0.15, -0.1) is 0 Å². The van der Waals surface area contributed by atoms with E-state index in [1.54, 1.807) is 0 Å². The van der Waals surface area contributed by atoms with Gasteiger partial charge in [-0.2, -0.15) is 0 Å². The quantitative estimate of drug-likeness (QED) is 0.292. The van der Waals surface area contributed by atoms with Gasteiger partial charge in [0.15, 0.2) is 0 Å². The molecule has 0 N–H and O–H groups in total. The Kier molecular flexibility index (Phi) is 369000. The standard InChI is InChI=1S/2CHO.CH3.Ru/c2*1-2;;/h2*1H;1H3;/q3*-1;+3. The third kappa shape index (κ3) is 25900. The summed E-state index contributed by atoms with van der Waals surface area (Å²) in [6.07, 6.45) is 0. The molecule has 0 spiro atoms. The Morgan fingerprint density at radius 1 is 0.833 bits per heavy atom. The van der Waals surface area contributed by atoms with Gasteiger partial charge in [-0.3, -0.25) is 13.6 Å². The van der Waals surface area contributed by atoms with Crippen molar-refractivity contribution in [2.45, 2.75) is 0 Å². The van der Waals surface area contributed by atoms with Gasteiger partial charge in [0, 0.05) is 0 Å². The maximum atomic E-state index is 7.75. The fourth-order valence-corrected chi connectivity index (χ4v) is 0. The summed E-state index contributed by atoms with van der Waals surface area (Å²) in [5, 5.41) is 0. The first kappa shape index (κ1) is 38.1. The minimum absolute atomic E-state index is 0. The van der Waals surface area contributed by atoms with Gasteiger partial charge in [-0.25, -0.2) is 0 Å². The van der Waals surface area contributed by atoms with E-state index in [4.69, 9.17) is 9.59 Å². The molecule has 0 aromatic rings. The molecule has 0 saturated heterocycles. The van der Waals surface area contributed by atoms with Gasteiger partial charge in [0.05, 0.1) is 0 Å². The maximum Gasteiger partial charge on any atom is 3.00 e. The van der Waals surface area contributed by atoms with Crippen molar-refractivity contribution in [2.24, 2.45) is 0 Å². The minimum atomic E-state index is 0. The van der Waals surface area contributed by atoms with Crippen LogP contribution >= 0.6 is 0 Å². The van der Waals surface area contributed by atoms with Crippen molar-refractivity contribution in [1.29, 1.82) is 0 Å². The van der Waals surface area contributed by atoms with E-state index in [0.717, 1.165) is 0 Å². The van der Waals surface area contributed by atoms with E-state index in [1.807, 2.05) is 0 Å². The van der Waals surface area contributed by atoms with E-state index in [0.29, 0.717) is 0 Å². The summed E-state index contributed by atoms with van der Waals surface area (Å²) in [5.74, 6) is 0. The zero-order chi connectivity index (χ0) is 4.00. The molecule has 0 unspecified atom stereocenters. The Labute approximate surface area is 50.7 Å². The second-order valence-electron chi connectivity index (χ2n) is 0. The molecule has 1 radical (unpaired) electrons. The summed E-state index contributed by atoms with van der Waals surface area (Å²) in [6.45, 7) is 6.50. The van der Waals surface area contributed by atoms with Crippen LogP contribution in [0.2, 0.25) is 0 Å². The van der Waals surface area contributed by atoms with Crippen molar-refractivity contribution in [3.63, 3.8) is 0 Å². The Hall–Kier alpha value is -0.0366. The Balaban J connectivity index is -0.00000000500. The molecule has 37 valence electrons. The van der Waals surface area contributed by atoms with Crippen LogP contribution < -0.4 is 0 Å². The van der Waals surface area contributed by atoms with Crippen LogP contribution in [-0.2, 0) is 29.1 Å². The Morgan fingerprint density at radius 3 is 0.833 bits per heavy atom. The summed E-state index contributed by atoms with van der Waals surface area (Å²) in [6, 6.07) is 0. The van der Waals surface area contributed by atoms with Crippen LogP contribution in [0.5, 0.6) is 0 Å². The van der Waals surface area contributed by atoms with Gasteiger partial charge in [0.25, 0.3) is 0 Å². The zero-order valence-electron chi connectivity index (χ0n) is 3.32. The summed E-state index contributed by atoms with van der Waals surface area (Å²) in [4.78, 5) is 15.5. The first-order chi connectivity index (χ1) is 2.00. The first-order valence-electron chi connectivity index (χ1n) is 0.471. The van der Waals surface area contributed by atoms with Crippen LogP contribution in [0.3, 0.4) is 0 Å². The summed E-state index contributed by atoms with van der Waals surface area (Å²) in [7, 11) is 0. The molecule has 0 aliphatic rings. The molecule has 0 amide bonds. The zero-order valence-corrected chi connectivity index (χ0v) is 5.06. The Bertz CT molecular complexity index is 10.8. The van der Waals surface area contributed by atoms with E-state index in [9.17, 15) is 0 Å². The molecule has 0 aromatic heterocycles. The molecule has 0 fully saturated rings. The van der Waals surface area contributed by atoms with Crippen molar-refractivity contribution >= 4 is 13.6 Å². The topological polar surface area (TPSA) is 34.1 Å². The normalized spacial score (nSPS) is 1.33. The number of rotatable bonds is 0. The molecule has 0 bridgehead atoms. The molecular formula is C3H5O2Ru. The fraction of sp³-hybridized carbons (Fsp3) is 0. The molecule has 0 heterocycles. The average Bonchev–Trinajstić information content (AvgIpc) is 1.50. The van der Waals surface area contributed by atoms with Crippen molar-refractivity contribution in [3.8, 4) is 0 Å². The van der Waals surface area contributed by atoms with Gasteiger partial charge in [-0.05, 0) is 0 Å². The number of hydrogen-bond acceptors (Lipinski definition) is 2. The molecule has 0 aliphatic carbocycles. The van der Waals surface area contributed by atoms with Crippen molar-refractivity contribution in [1.82, 2.24) is 0 Å². The predicted molar refractivity (Wildman–Crippen MR) is 19.9 cm³/mol. The minimum Gasteiger partial charge on any atom is -0.545 e. The van der Waals surface area contributed by atoms with E-state index in [2.05, 4.69) is 13.6 Å². The molecule has 0 atom stereocenters.